The van der Waals surface area contributed by atoms with Crippen LogP contribution in [0.3, 0.4) is 0 Å². The molecule has 0 atom stereocenters. The molecule has 0 aliphatic heterocycles. The SMILES string of the molecule is CCCCCCCCCCCCc1ccccc1S(=O)(=O)Oc1ccc(O)cc1.c1ccc([SH+]c2ccccc2)cc1. The average molecular weight is 606 g/mol. The molecule has 4 nitrogen and oxygen atoms in total. The first-order valence-corrected chi connectivity index (χ1v) is 17.4. The number of phenols is 1. The molecule has 0 aromatic heterocycles. The van der Waals surface area contributed by atoms with Crippen molar-refractivity contribution in [3.63, 3.8) is 0 Å². The van der Waals surface area contributed by atoms with Gasteiger partial charge in [0.1, 0.15) is 16.4 Å². The standard InChI is InChI=1S/C24H34O4S.C12H10S/c1-2-3-4-5-6-7-8-9-10-11-14-21-15-12-13-16-24(21)29(26,27)28-23-19-17-22(25)18-20-23;1-3-7-11(8-4-1)13-12-9-5-2-6-10-12/h12-13,15-20,25H,2-11,14H2,1H3;1-10H/p+1. The van der Waals surface area contributed by atoms with E-state index >= 15 is 0 Å². The van der Waals surface area contributed by atoms with E-state index in [4.69, 9.17) is 4.18 Å². The second-order valence-corrected chi connectivity index (χ2v) is 13.1. The molecule has 0 spiro atoms. The topological polar surface area (TPSA) is 63.6 Å². The normalized spacial score (nSPS) is 11.0. The molecule has 0 radical (unpaired) electrons. The first kappa shape index (κ1) is 33.3. The highest BCUT2D eigenvalue weighted by Crippen LogP contribution is 2.24. The van der Waals surface area contributed by atoms with E-state index in [0.717, 1.165) is 24.8 Å². The van der Waals surface area contributed by atoms with Crippen LogP contribution < -0.4 is 4.18 Å². The summed E-state index contributed by atoms with van der Waals surface area (Å²) in [5.41, 5.74) is 0.797. The highest BCUT2D eigenvalue weighted by molar-refractivity contribution is 7.87. The molecular formula is C36H45O4S2+. The van der Waals surface area contributed by atoms with Crippen LogP contribution in [0, 0.1) is 0 Å². The zero-order valence-electron chi connectivity index (χ0n) is 24.7. The summed E-state index contributed by atoms with van der Waals surface area (Å²) in [6.07, 6.45) is 13.2. The molecule has 0 unspecified atom stereocenters. The van der Waals surface area contributed by atoms with Crippen molar-refractivity contribution in [2.45, 2.75) is 92.2 Å². The monoisotopic (exact) mass is 605 g/mol. The minimum atomic E-state index is -3.90. The molecule has 0 saturated heterocycles. The maximum Gasteiger partial charge on any atom is 0.339 e. The Hall–Kier alpha value is -3.22. The summed E-state index contributed by atoms with van der Waals surface area (Å²) in [5, 5.41) is 9.33. The summed E-state index contributed by atoms with van der Waals surface area (Å²) in [6, 6.07) is 33.7. The Labute approximate surface area is 257 Å². The Kier molecular flexibility index (Phi) is 15.1. The van der Waals surface area contributed by atoms with Crippen LogP contribution >= 0.6 is 0 Å². The van der Waals surface area contributed by atoms with Crippen molar-refractivity contribution >= 4 is 21.9 Å². The van der Waals surface area contributed by atoms with Crippen LogP contribution in [0.1, 0.15) is 76.7 Å². The largest absolute Gasteiger partial charge is 0.508 e. The van der Waals surface area contributed by atoms with E-state index in [-0.39, 0.29) is 16.4 Å². The number of aryl methyl sites for hydroxylation is 1. The molecule has 0 heterocycles. The van der Waals surface area contributed by atoms with Crippen molar-refractivity contribution < 1.29 is 17.7 Å². The van der Waals surface area contributed by atoms with Crippen molar-refractivity contribution in [1.29, 1.82) is 0 Å². The molecule has 0 saturated carbocycles. The van der Waals surface area contributed by atoms with Crippen LogP contribution in [0.25, 0.3) is 0 Å². The van der Waals surface area contributed by atoms with Gasteiger partial charge < -0.3 is 9.29 Å². The third-order valence-corrected chi connectivity index (χ3v) is 9.32. The summed E-state index contributed by atoms with van der Waals surface area (Å²) >= 11 is 1.28. The number of unbranched alkanes of at least 4 members (excludes halogenated alkanes) is 9. The van der Waals surface area contributed by atoms with E-state index in [0.29, 0.717) is 0 Å². The van der Waals surface area contributed by atoms with Crippen molar-refractivity contribution in [2.75, 3.05) is 0 Å². The smallest absolute Gasteiger partial charge is 0.339 e. The van der Waals surface area contributed by atoms with E-state index in [2.05, 4.69) is 55.5 Å². The summed E-state index contributed by atoms with van der Waals surface area (Å²) in [7, 11) is -3.90. The van der Waals surface area contributed by atoms with E-state index in [1.54, 1.807) is 12.1 Å². The fraction of sp³-hybridized carbons (Fsp3) is 0.333. The van der Waals surface area contributed by atoms with Gasteiger partial charge in [0.25, 0.3) is 0 Å². The molecule has 4 rings (SSSR count). The summed E-state index contributed by atoms with van der Waals surface area (Å²) in [6.45, 7) is 2.24. The Morgan fingerprint density at radius 3 is 1.62 bits per heavy atom. The Balaban J connectivity index is 0.000000307. The minimum Gasteiger partial charge on any atom is -0.508 e. The maximum atomic E-state index is 12.7. The van der Waals surface area contributed by atoms with Gasteiger partial charge in [-0.25, -0.2) is 0 Å². The van der Waals surface area contributed by atoms with Crippen LogP contribution in [-0.2, 0) is 28.3 Å². The summed E-state index contributed by atoms with van der Waals surface area (Å²) < 4.78 is 30.7. The van der Waals surface area contributed by atoms with Crippen LogP contribution in [0.15, 0.2) is 124 Å². The third-order valence-electron chi connectivity index (χ3n) is 6.85. The quantitative estimate of drug-likeness (QED) is 0.0598. The maximum absolute atomic E-state index is 12.7. The van der Waals surface area contributed by atoms with Gasteiger partial charge in [-0.2, -0.15) is 8.42 Å². The highest BCUT2D eigenvalue weighted by atomic mass is 32.2. The number of thiol groups is 1. The molecule has 0 aliphatic carbocycles. The molecule has 6 heteroatoms. The number of rotatable bonds is 16. The number of hydrogen-bond donors (Lipinski definition) is 1. The number of aromatic hydroxyl groups is 1. The van der Waals surface area contributed by atoms with Crippen molar-refractivity contribution in [3.8, 4) is 11.5 Å². The second-order valence-electron chi connectivity index (χ2n) is 10.4. The van der Waals surface area contributed by atoms with Gasteiger partial charge in [-0.15, -0.1) is 0 Å². The Morgan fingerprint density at radius 2 is 1.07 bits per heavy atom. The first-order chi connectivity index (χ1) is 20.5. The molecule has 0 bridgehead atoms. The lowest BCUT2D eigenvalue weighted by atomic mass is 10.0. The zero-order valence-corrected chi connectivity index (χ0v) is 26.4. The number of benzene rings is 4. The van der Waals surface area contributed by atoms with Crippen LogP contribution in [0.5, 0.6) is 11.5 Å². The fourth-order valence-corrected chi connectivity index (χ4v) is 6.72. The molecule has 224 valence electrons. The number of hydrogen-bond acceptors (Lipinski definition) is 4. The van der Waals surface area contributed by atoms with Crippen molar-refractivity contribution in [1.82, 2.24) is 0 Å². The van der Waals surface area contributed by atoms with E-state index in [9.17, 15) is 13.5 Å². The number of phenolic OH excluding ortho intramolecular Hbond substituents is 1. The molecule has 42 heavy (non-hydrogen) atoms. The van der Waals surface area contributed by atoms with E-state index < -0.39 is 10.1 Å². The van der Waals surface area contributed by atoms with Crippen LogP contribution in [0.4, 0.5) is 0 Å². The molecule has 4 aromatic carbocycles. The van der Waals surface area contributed by atoms with E-state index in [1.165, 1.54) is 97.2 Å². The predicted molar refractivity (Wildman–Crippen MR) is 176 cm³/mol. The molecule has 0 fully saturated rings. The Morgan fingerprint density at radius 1 is 0.595 bits per heavy atom. The van der Waals surface area contributed by atoms with Crippen LogP contribution in [-0.4, -0.2) is 13.5 Å². The molecular weight excluding hydrogens is 561 g/mol. The molecule has 4 aromatic rings. The van der Waals surface area contributed by atoms with Gasteiger partial charge in [-0.3, -0.25) is 0 Å². The lowest BCUT2D eigenvalue weighted by molar-refractivity contribution is 0.468. The summed E-state index contributed by atoms with van der Waals surface area (Å²) in [4.78, 5) is 2.91. The van der Waals surface area contributed by atoms with Gasteiger partial charge in [0, 0.05) is 11.8 Å². The van der Waals surface area contributed by atoms with Crippen molar-refractivity contribution in [3.05, 3.63) is 115 Å². The van der Waals surface area contributed by atoms with E-state index in [1.807, 2.05) is 24.3 Å². The molecule has 1 N–H and O–H groups in total. The van der Waals surface area contributed by atoms with Gasteiger partial charge in [0.2, 0.25) is 0 Å². The minimum absolute atomic E-state index is 0.0658. The van der Waals surface area contributed by atoms with Gasteiger partial charge in [-0.05, 0) is 73.0 Å². The highest BCUT2D eigenvalue weighted by Gasteiger charge is 2.20. The Bertz CT molecular complexity index is 1340. The average Bonchev–Trinajstić information content (AvgIpc) is 3.01. The zero-order chi connectivity index (χ0) is 29.9. The second kappa shape index (κ2) is 19.1. The van der Waals surface area contributed by atoms with Crippen LogP contribution in [0.2, 0.25) is 0 Å². The lowest BCUT2D eigenvalue weighted by Crippen LogP contribution is -2.12. The van der Waals surface area contributed by atoms with Gasteiger partial charge in [0.15, 0.2) is 9.79 Å². The van der Waals surface area contributed by atoms with Gasteiger partial charge in [-0.1, -0.05) is 119 Å². The lowest BCUT2D eigenvalue weighted by Gasteiger charge is -2.11. The summed E-state index contributed by atoms with van der Waals surface area (Å²) in [5.74, 6) is 0.257. The van der Waals surface area contributed by atoms with Gasteiger partial charge in [0.05, 0.1) is 0 Å². The van der Waals surface area contributed by atoms with Crippen molar-refractivity contribution in [2.24, 2.45) is 0 Å². The first-order valence-electron chi connectivity index (χ1n) is 15.1. The van der Waals surface area contributed by atoms with Gasteiger partial charge >= 0.3 is 10.1 Å². The third kappa shape index (κ3) is 12.7. The predicted octanol–water partition coefficient (Wildman–Crippen LogP) is 9.54. The molecule has 0 aliphatic rings. The molecule has 0 amide bonds. The fourth-order valence-electron chi connectivity index (χ4n) is 4.58.